The molecule has 2 fully saturated rings. The molecular formula is C38H40N4O4. The minimum absolute atomic E-state index is 0.228. The van der Waals surface area contributed by atoms with Gasteiger partial charge in [0.1, 0.15) is 5.54 Å². The van der Waals surface area contributed by atoms with Gasteiger partial charge in [0.25, 0.3) is 5.91 Å². The number of amides is 2. The molecule has 2 amide bonds. The average molecular weight is 617 g/mol. The van der Waals surface area contributed by atoms with Crippen LogP contribution in [0.2, 0.25) is 0 Å². The number of fused-ring (bicyclic) bond motifs is 5. The summed E-state index contributed by atoms with van der Waals surface area (Å²) in [5.41, 5.74) is 7.02. The summed E-state index contributed by atoms with van der Waals surface area (Å²) in [6, 6.07) is 17.3. The molecule has 0 spiro atoms. The third-order valence-corrected chi connectivity index (χ3v) is 10.2. The van der Waals surface area contributed by atoms with Crippen LogP contribution in [0.5, 0.6) is 0 Å². The van der Waals surface area contributed by atoms with Gasteiger partial charge in [0.2, 0.25) is 5.91 Å². The van der Waals surface area contributed by atoms with Crippen LogP contribution in [-0.2, 0) is 22.6 Å². The zero-order valence-electron chi connectivity index (χ0n) is 26.1. The van der Waals surface area contributed by atoms with Crippen LogP contribution in [0, 0.1) is 0 Å². The quantitative estimate of drug-likeness (QED) is 0.186. The van der Waals surface area contributed by atoms with Crippen molar-refractivity contribution in [1.82, 2.24) is 14.9 Å². The van der Waals surface area contributed by atoms with Gasteiger partial charge >= 0.3 is 5.97 Å². The molecule has 8 nitrogen and oxygen atoms in total. The largest absolute Gasteiger partial charge is 0.478 e. The molecule has 236 valence electrons. The highest BCUT2D eigenvalue weighted by atomic mass is 16.4. The van der Waals surface area contributed by atoms with Crippen LogP contribution in [-0.4, -0.2) is 38.0 Å². The third-order valence-electron chi connectivity index (χ3n) is 10.2. The number of carbonyl (C=O) groups is 3. The Hall–Kier alpha value is -4.72. The Balaban J connectivity index is 1.19. The number of rotatable bonds is 7. The monoisotopic (exact) mass is 616 g/mol. The molecule has 2 aliphatic carbocycles. The molecule has 2 saturated carbocycles. The lowest BCUT2D eigenvalue weighted by Crippen LogP contribution is -2.55. The molecule has 0 bridgehead atoms. The van der Waals surface area contributed by atoms with Crippen LogP contribution in [0.15, 0.2) is 66.9 Å². The first kappa shape index (κ1) is 30.0. The minimum atomic E-state index is -1.02. The van der Waals surface area contributed by atoms with Gasteiger partial charge in [-0.15, -0.1) is 0 Å². The van der Waals surface area contributed by atoms with E-state index in [-0.39, 0.29) is 11.8 Å². The van der Waals surface area contributed by atoms with Crippen LogP contribution in [0.4, 0.5) is 5.69 Å². The SMILES string of the molecule is O=C(O)/C=C/c1ccc(NC(=O)C2(NC(=O)c3ccc4c(C5CCCCC5)c5n(c4c3)CCCc3ncccc3-5)CCCC2)cc1. The molecule has 1 aliphatic heterocycles. The Morgan fingerprint density at radius 2 is 1.72 bits per heavy atom. The van der Waals surface area contributed by atoms with E-state index in [9.17, 15) is 14.4 Å². The van der Waals surface area contributed by atoms with Crippen molar-refractivity contribution in [2.45, 2.75) is 88.6 Å². The second kappa shape index (κ2) is 12.6. The van der Waals surface area contributed by atoms with Crippen molar-refractivity contribution in [3.8, 4) is 11.3 Å². The molecule has 8 heteroatoms. The molecular weight excluding hydrogens is 576 g/mol. The van der Waals surface area contributed by atoms with Gasteiger partial charge < -0.3 is 20.3 Å². The number of benzene rings is 2. The fourth-order valence-electron chi connectivity index (χ4n) is 7.87. The second-order valence-corrected chi connectivity index (χ2v) is 13.1. The van der Waals surface area contributed by atoms with E-state index < -0.39 is 11.5 Å². The van der Waals surface area contributed by atoms with Crippen molar-refractivity contribution >= 4 is 40.4 Å². The van der Waals surface area contributed by atoms with Crippen LogP contribution in [0.25, 0.3) is 28.2 Å². The van der Waals surface area contributed by atoms with Gasteiger partial charge in [0.15, 0.2) is 0 Å². The standard InChI is InChI=1S/C38H40N4O4/c43-33(44)19-14-25-12-16-28(17-13-25)40-37(46)38(20-4-5-21-38)41-36(45)27-15-18-30-32(24-27)42-23-7-11-31-29(10-6-22-39-31)35(42)34(30)26-8-2-1-3-9-26/h6,10,12-19,22,24,26H,1-5,7-9,11,20-21,23H2,(H,40,46)(H,41,45)(H,43,44)/b19-14+. The normalized spacial score (nSPS) is 17.7. The Morgan fingerprint density at radius 1 is 0.935 bits per heavy atom. The molecule has 46 heavy (non-hydrogen) atoms. The maximum absolute atomic E-state index is 14.0. The second-order valence-electron chi connectivity index (χ2n) is 13.1. The number of hydrogen-bond donors (Lipinski definition) is 3. The first-order valence-corrected chi connectivity index (χ1v) is 16.7. The van der Waals surface area contributed by atoms with Gasteiger partial charge in [-0.2, -0.15) is 0 Å². The maximum atomic E-state index is 14.0. The molecule has 0 atom stereocenters. The van der Waals surface area contributed by atoms with E-state index in [4.69, 9.17) is 10.1 Å². The molecule has 0 unspecified atom stereocenters. The van der Waals surface area contributed by atoms with Gasteiger partial charge in [-0.3, -0.25) is 14.6 Å². The Labute approximate surface area is 268 Å². The predicted molar refractivity (Wildman–Crippen MR) is 180 cm³/mol. The summed E-state index contributed by atoms with van der Waals surface area (Å²) >= 11 is 0. The van der Waals surface area contributed by atoms with Crippen molar-refractivity contribution in [3.63, 3.8) is 0 Å². The van der Waals surface area contributed by atoms with E-state index in [1.807, 2.05) is 24.4 Å². The Morgan fingerprint density at radius 3 is 2.48 bits per heavy atom. The fourth-order valence-corrected chi connectivity index (χ4v) is 7.87. The van der Waals surface area contributed by atoms with Crippen LogP contribution < -0.4 is 10.6 Å². The summed E-state index contributed by atoms with van der Waals surface area (Å²) in [6.45, 7) is 0.872. The fraction of sp³-hybridized carbons (Fsp3) is 0.368. The van der Waals surface area contributed by atoms with E-state index in [1.54, 1.807) is 24.3 Å². The molecule has 7 rings (SSSR count). The zero-order chi connectivity index (χ0) is 31.7. The number of aliphatic carboxylic acids is 1. The van der Waals surface area contributed by atoms with E-state index in [1.165, 1.54) is 60.4 Å². The lowest BCUT2D eigenvalue weighted by atomic mass is 9.81. The van der Waals surface area contributed by atoms with Gasteiger partial charge in [-0.1, -0.05) is 50.3 Å². The number of hydrogen-bond acceptors (Lipinski definition) is 4. The highest BCUT2D eigenvalue weighted by Gasteiger charge is 2.43. The first-order valence-electron chi connectivity index (χ1n) is 16.7. The Bertz CT molecular complexity index is 1830. The van der Waals surface area contributed by atoms with Gasteiger partial charge in [-0.25, -0.2) is 4.79 Å². The van der Waals surface area contributed by atoms with Crippen LogP contribution >= 0.6 is 0 Å². The van der Waals surface area contributed by atoms with Crippen molar-refractivity contribution in [2.24, 2.45) is 0 Å². The van der Waals surface area contributed by atoms with Crippen molar-refractivity contribution in [1.29, 1.82) is 0 Å². The number of aryl methyl sites for hydroxylation is 2. The van der Waals surface area contributed by atoms with E-state index in [0.29, 0.717) is 35.6 Å². The van der Waals surface area contributed by atoms with E-state index >= 15 is 0 Å². The minimum Gasteiger partial charge on any atom is -0.478 e. The average Bonchev–Trinajstić information content (AvgIpc) is 3.62. The van der Waals surface area contributed by atoms with Gasteiger partial charge in [-0.05, 0) is 98.0 Å². The van der Waals surface area contributed by atoms with Crippen LogP contribution in [0.3, 0.4) is 0 Å². The first-order chi connectivity index (χ1) is 22.4. The van der Waals surface area contributed by atoms with Crippen molar-refractivity contribution < 1.29 is 19.5 Å². The number of nitrogens with one attached hydrogen (secondary N) is 2. The highest BCUT2D eigenvalue weighted by Crippen LogP contribution is 2.46. The van der Waals surface area contributed by atoms with Gasteiger partial charge in [0.05, 0.1) is 5.69 Å². The molecule has 3 aliphatic rings. The molecule has 2 aromatic carbocycles. The summed E-state index contributed by atoms with van der Waals surface area (Å²) in [5, 5.41) is 16.3. The molecule has 3 N–H and O–H groups in total. The summed E-state index contributed by atoms with van der Waals surface area (Å²) in [4.78, 5) is 43.3. The van der Waals surface area contributed by atoms with Crippen molar-refractivity contribution in [2.75, 3.05) is 5.32 Å². The number of pyridine rings is 1. The molecule has 2 aromatic heterocycles. The van der Waals surface area contributed by atoms with E-state index in [0.717, 1.165) is 49.5 Å². The number of carboxylic acid groups (broad SMARTS) is 1. The molecule has 0 radical (unpaired) electrons. The number of carboxylic acids is 1. The lowest BCUT2D eigenvalue weighted by Gasteiger charge is -2.29. The summed E-state index contributed by atoms with van der Waals surface area (Å²) in [7, 11) is 0. The molecule has 4 aromatic rings. The summed E-state index contributed by atoms with van der Waals surface area (Å²) in [5.74, 6) is -0.992. The van der Waals surface area contributed by atoms with Crippen LogP contribution in [0.1, 0.15) is 97.3 Å². The number of anilines is 1. The summed E-state index contributed by atoms with van der Waals surface area (Å²) < 4.78 is 2.43. The van der Waals surface area contributed by atoms with E-state index in [2.05, 4.69) is 27.3 Å². The topological polar surface area (TPSA) is 113 Å². The number of carbonyl (C=O) groups excluding carboxylic acids is 2. The van der Waals surface area contributed by atoms with Gasteiger partial charge in [0, 0.05) is 52.2 Å². The highest BCUT2D eigenvalue weighted by molar-refractivity contribution is 6.06. The number of aromatic nitrogens is 2. The molecule has 0 saturated heterocycles. The Kier molecular flexibility index (Phi) is 8.20. The molecule has 3 heterocycles. The smallest absolute Gasteiger partial charge is 0.328 e. The predicted octanol–water partition coefficient (Wildman–Crippen LogP) is 7.48. The third kappa shape index (κ3) is 5.72. The zero-order valence-corrected chi connectivity index (χ0v) is 26.1. The lowest BCUT2D eigenvalue weighted by molar-refractivity contribution is -0.131. The number of nitrogens with zero attached hydrogens (tertiary/aromatic N) is 2. The maximum Gasteiger partial charge on any atom is 0.328 e. The summed E-state index contributed by atoms with van der Waals surface area (Å²) in [6.07, 6.45) is 15.4. The van der Waals surface area contributed by atoms with Crippen molar-refractivity contribution in [3.05, 3.63) is 89.3 Å².